The summed E-state index contributed by atoms with van der Waals surface area (Å²) in [6.07, 6.45) is 2.48. The van der Waals surface area contributed by atoms with E-state index in [1.807, 2.05) is 42.5 Å². The second kappa shape index (κ2) is 11.8. The highest BCUT2D eigenvalue weighted by Crippen LogP contribution is 2.29. The molecule has 0 atom stereocenters. The van der Waals surface area contributed by atoms with Gasteiger partial charge in [-0.2, -0.15) is 0 Å². The van der Waals surface area contributed by atoms with E-state index >= 15 is 0 Å². The van der Waals surface area contributed by atoms with Gasteiger partial charge >= 0.3 is 0 Å². The first-order valence-corrected chi connectivity index (χ1v) is 13.5. The third-order valence-electron chi connectivity index (χ3n) is 6.26. The highest BCUT2D eigenvalue weighted by Gasteiger charge is 2.22. The second-order valence-electron chi connectivity index (χ2n) is 10.2. The molecule has 0 bridgehead atoms. The van der Waals surface area contributed by atoms with Crippen molar-refractivity contribution in [2.24, 2.45) is 0 Å². The Morgan fingerprint density at radius 2 is 1.78 bits per heavy atom. The lowest BCUT2D eigenvalue weighted by atomic mass is 9.92. The molecule has 1 N–H and O–H groups in total. The van der Waals surface area contributed by atoms with Gasteiger partial charge in [-0.25, -0.2) is 9.97 Å². The van der Waals surface area contributed by atoms with Gasteiger partial charge in [0.25, 0.3) is 5.91 Å². The average Bonchev–Trinajstić information content (AvgIpc) is 2.88. The Morgan fingerprint density at radius 1 is 1.03 bits per heavy atom. The minimum absolute atomic E-state index is 0.0504. The summed E-state index contributed by atoms with van der Waals surface area (Å²) in [6.45, 7) is 11.2. The molecule has 0 unspecified atom stereocenters. The van der Waals surface area contributed by atoms with Gasteiger partial charge in [0.2, 0.25) is 0 Å². The van der Waals surface area contributed by atoms with Crippen molar-refractivity contribution >= 4 is 23.5 Å². The monoisotopic (exact) mass is 504 g/mol. The van der Waals surface area contributed by atoms with Gasteiger partial charge in [0.1, 0.15) is 5.82 Å². The molecule has 1 aliphatic rings. The van der Waals surface area contributed by atoms with Gasteiger partial charge in [0.15, 0.2) is 5.16 Å². The van der Waals surface area contributed by atoms with Crippen LogP contribution in [-0.4, -0.2) is 65.5 Å². The van der Waals surface area contributed by atoms with Crippen molar-refractivity contribution in [3.63, 3.8) is 0 Å². The van der Waals surface area contributed by atoms with Crippen molar-refractivity contribution in [2.75, 3.05) is 44.7 Å². The van der Waals surface area contributed by atoms with Gasteiger partial charge in [-0.1, -0.05) is 50.7 Å². The maximum absolute atomic E-state index is 12.5. The molecule has 36 heavy (non-hydrogen) atoms. The number of benzene rings is 1. The smallest absolute Gasteiger partial charge is 0.251 e. The number of carbonyl (C=O) groups excluding carboxylic acids is 1. The first-order valence-electron chi connectivity index (χ1n) is 12.5. The van der Waals surface area contributed by atoms with E-state index in [2.05, 4.69) is 54.0 Å². The van der Waals surface area contributed by atoms with E-state index in [1.165, 1.54) is 0 Å². The molecule has 0 radical (unpaired) electrons. The van der Waals surface area contributed by atoms with E-state index in [9.17, 15) is 4.79 Å². The van der Waals surface area contributed by atoms with Crippen molar-refractivity contribution in [1.82, 2.24) is 25.2 Å². The zero-order chi connectivity index (χ0) is 25.5. The lowest BCUT2D eigenvalue weighted by Gasteiger charge is -2.34. The quantitative estimate of drug-likeness (QED) is 0.364. The Kier molecular flexibility index (Phi) is 8.59. The van der Waals surface area contributed by atoms with Crippen molar-refractivity contribution in [3.05, 3.63) is 77.2 Å². The lowest BCUT2D eigenvalue weighted by molar-refractivity contribution is 0.0954. The standard InChI is InChI=1S/C28H36N6OS/c1-28(2,3)24-19-25(34-17-15-33(4)16-18-34)32-27(31-24)36-20-21-8-10-22(11-9-21)26(35)30-14-12-23-7-5-6-13-29-23/h5-11,13,19H,12,14-18,20H2,1-4H3,(H,30,35). The first kappa shape index (κ1) is 26.1. The summed E-state index contributed by atoms with van der Waals surface area (Å²) in [4.78, 5) is 31.3. The summed E-state index contributed by atoms with van der Waals surface area (Å²) in [5.74, 6) is 1.70. The molecule has 8 heteroatoms. The molecule has 3 heterocycles. The second-order valence-corrected chi connectivity index (χ2v) is 11.2. The number of piperazine rings is 1. The fourth-order valence-electron chi connectivity index (χ4n) is 3.91. The number of nitrogens with zero attached hydrogens (tertiary/aromatic N) is 5. The molecule has 1 fully saturated rings. The fraction of sp³-hybridized carbons (Fsp3) is 0.429. The van der Waals surface area contributed by atoms with Crippen LogP contribution in [0.5, 0.6) is 0 Å². The van der Waals surface area contributed by atoms with Crippen LogP contribution >= 0.6 is 11.8 Å². The van der Waals surface area contributed by atoms with Gasteiger partial charge in [-0.3, -0.25) is 9.78 Å². The minimum atomic E-state index is -0.0665. The normalized spacial score (nSPS) is 14.6. The lowest BCUT2D eigenvalue weighted by Crippen LogP contribution is -2.45. The van der Waals surface area contributed by atoms with Crippen LogP contribution in [0.25, 0.3) is 0 Å². The topological polar surface area (TPSA) is 74.2 Å². The highest BCUT2D eigenvalue weighted by molar-refractivity contribution is 7.98. The number of carbonyl (C=O) groups is 1. The van der Waals surface area contributed by atoms with Crippen LogP contribution in [0.1, 0.15) is 48.1 Å². The predicted molar refractivity (Wildman–Crippen MR) is 147 cm³/mol. The van der Waals surface area contributed by atoms with E-state index < -0.39 is 0 Å². The molecular formula is C28H36N6OS. The van der Waals surface area contributed by atoms with Gasteiger partial charge < -0.3 is 15.1 Å². The molecule has 1 aliphatic heterocycles. The summed E-state index contributed by atoms with van der Waals surface area (Å²) in [7, 11) is 2.16. The first-order chi connectivity index (χ1) is 17.3. The fourth-order valence-corrected chi connectivity index (χ4v) is 4.72. The highest BCUT2D eigenvalue weighted by atomic mass is 32.2. The van der Waals surface area contributed by atoms with E-state index in [1.54, 1.807) is 18.0 Å². The summed E-state index contributed by atoms with van der Waals surface area (Å²) < 4.78 is 0. The summed E-state index contributed by atoms with van der Waals surface area (Å²) in [6, 6.07) is 15.7. The van der Waals surface area contributed by atoms with Crippen molar-refractivity contribution in [2.45, 2.75) is 43.5 Å². The van der Waals surface area contributed by atoms with Gasteiger partial charge in [-0.05, 0) is 36.9 Å². The predicted octanol–water partition coefficient (Wildman–Crippen LogP) is 4.19. The van der Waals surface area contributed by atoms with Crippen LogP contribution in [-0.2, 0) is 17.6 Å². The molecule has 0 saturated carbocycles. The van der Waals surface area contributed by atoms with Crippen LogP contribution in [0.3, 0.4) is 0 Å². The molecular weight excluding hydrogens is 468 g/mol. The SMILES string of the molecule is CN1CCN(c2cc(C(C)(C)C)nc(SCc3ccc(C(=O)NCCc4ccccn4)cc3)n2)CC1. The van der Waals surface area contributed by atoms with E-state index in [0.29, 0.717) is 18.5 Å². The molecule has 4 rings (SSSR count). The Labute approximate surface area is 218 Å². The Balaban J connectivity index is 1.36. The van der Waals surface area contributed by atoms with Crippen molar-refractivity contribution < 1.29 is 4.79 Å². The zero-order valence-corrected chi connectivity index (χ0v) is 22.5. The molecule has 2 aromatic heterocycles. The maximum Gasteiger partial charge on any atom is 0.251 e. The maximum atomic E-state index is 12.5. The molecule has 0 spiro atoms. The largest absolute Gasteiger partial charge is 0.354 e. The van der Waals surface area contributed by atoms with Crippen molar-refractivity contribution in [3.8, 4) is 0 Å². The number of pyridine rings is 1. The van der Waals surface area contributed by atoms with Crippen molar-refractivity contribution in [1.29, 1.82) is 0 Å². The van der Waals surface area contributed by atoms with Crippen LogP contribution in [0.4, 0.5) is 5.82 Å². The van der Waals surface area contributed by atoms with Crippen LogP contribution < -0.4 is 10.2 Å². The van der Waals surface area contributed by atoms with Gasteiger partial charge in [0, 0.05) is 73.8 Å². The third-order valence-corrected chi connectivity index (χ3v) is 7.18. The van der Waals surface area contributed by atoms with Gasteiger partial charge in [0.05, 0.1) is 5.69 Å². The van der Waals surface area contributed by atoms with E-state index in [-0.39, 0.29) is 11.3 Å². The number of rotatable bonds is 8. The van der Waals surface area contributed by atoms with Gasteiger partial charge in [-0.15, -0.1) is 0 Å². The summed E-state index contributed by atoms with van der Waals surface area (Å²) >= 11 is 1.64. The molecule has 190 valence electrons. The average molecular weight is 505 g/mol. The number of likely N-dealkylation sites (N-methyl/N-ethyl adjacent to an activating group) is 1. The molecule has 1 saturated heterocycles. The molecule has 0 aliphatic carbocycles. The van der Waals surface area contributed by atoms with Crippen LogP contribution in [0.2, 0.25) is 0 Å². The Bertz CT molecular complexity index is 1140. The molecule has 3 aromatic rings. The minimum Gasteiger partial charge on any atom is -0.354 e. The van der Waals surface area contributed by atoms with E-state index in [0.717, 1.165) is 59.9 Å². The number of hydrogen-bond donors (Lipinski definition) is 1. The number of hydrogen-bond acceptors (Lipinski definition) is 7. The number of aromatic nitrogens is 3. The van der Waals surface area contributed by atoms with E-state index in [4.69, 9.17) is 9.97 Å². The zero-order valence-electron chi connectivity index (χ0n) is 21.7. The van der Waals surface area contributed by atoms with Crippen LogP contribution in [0, 0.1) is 0 Å². The molecule has 1 amide bonds. The molecule has 7 nitrogen and oxygen atoms in total. The summed E-state index contributed by atoms with van der Waals surface area (Å²) in [5, 5.41) is 3.77. The summed E-state index contributed by atoms with van der Waals surface area (Å²) in [5.41, 5.74) is 3.78. The number of nitrogens with one attached hydrogen (secondary N) is 1. The Hall–Kier alpha value is -2.97. The number of thioether (sulfide) groups is 1. The van der Waals surface area contributed by atoms with Crippen LogP contribution in [0.15, 0.2) is 59.9 Å². The third kappa shape index (κ3) is 7.27. The molecule has 1 aromatic carbocycles. The number of amides is 1. The number of anilines is 1. The Morgan fingerprint density at radius 3 is 2.44 bits per heavy atom.